The van der Waals surface area contributed by atoms with E-state index < -0.39 is 0 Å². The molecule has 4 rings (SSSR count). The standard InChI is InChI=1S/C14H21N5OS/c1-9-2-5-15-11(8-9)13-18-19-12(16-17-14(19)21-13)10-3-6-20-7-4-10/h9-11,15H,2-8H2,1H3. The highest BCUT2D eigenvalue weighted by molar-refractivity contribution is 7.16. The van der Waals surface area contributed by atoms with Crippen molar-refractivity contribution < 1.29 is 4.74 Å². The Labute approximate surface area is 127 Å². The molecule has 2 atom stereocenters. The lowest BCUT2D eigenvalue weighted by Gasteiger charge is -2.26. The zero-order valence-electron chi connectivity index (χ0n) is 12.3. The molecule has 0 aliphatic carbocycles. The molecule has 21 heavy (non-hydrogen) atoms. The molecule has 0 aromatic carbocycles. The highest BCUT2D eigenvalue weighted by Gasteiger charge is 2.27. The van der Waals surface area contributed by atoms with E-state index in [9.17, 15) is 0 Å². The minimum atomic E-state index is 0.378. The molecule has 114 valence electrons. The number of hydrogen-bond acceptors (Lipinski definition) is 6. The van der Waals surface area contributed by atoms with Crippen LogP contribution in [0.5, 0.6) is 0 Å². The molecule has 2 saturated heterocycles. The van der Waals surface area contributed by atoms with Gasteiger partial charge in [0.1, 0.15) is 5.01 Å². The van der Waals surface area contributed by atoms with Gasteiger partial charge in [0.15, 0.2) is 5.82 Å². The minimum Gasteiger partial charge on any atom is -0.381 e. The van der Waals surface area contributed by atoms with E-state index in [2.05, 4.69) is 22.4 Å². The molecule has 0 spiro atoms. The van der Waals surface area contributed by atoms with Crippen LogP contribution in [0.25, 0.3) is 4.96 Å². The molecule has 0 amide bonds. The maximum Gasteiger partial charge on any atom is 0.234 e. The second-order valence-electron chi connectivity index (χ2n) is 6.22. The van der Waals surface area contributed by atoms with Gasteiger partial charge in [-0.2, -0.15) is 9.61 Å². The molecule has 2 aromatic rings. The Balaban J connectivity index is 1.62. The van der Waals surface area contributed by atoms with Crippen LogP contribution >= 0.6 is 11.3 Å². The molecule has 4 heterocycles. The van der Waals surface area contributed by atoms with E-state index in [1.54, 1.807) is 11.3 Å². The Morgan fingerprint density at radius 1 is 1.24 bits per heavy atom. The fraction of sp³-hybridized carbons (Fsp3) is 0.786. The summed E-state index contributed by atoms with van der Waals surface area (Å²) in [5.74, 6) is 2.21. The molecule has 0 radical (unpaired) electrons. The van der Waals surface area contributed by atoms with Crippen LogP contribution in [0.4, 0.5) is 0 Å². The lowest BCUT2D eigenvalue weighted by Crippen LogP contribution is -2.30. The van der Waals surface area contributed by atoms with Crippen molar-refractivity contribution in [2.45, 2.75) is 44.6 Å². The summed E-state index contributed by atoms with van der Waals surface area (Å²) < 4.78 is 7.41. The van der Waals surface area contributed by atoms with Gasteiger partial charge in [-0.3, -0.25) is 0 Å². The summed E-state index contributed by atoms with van der Waals surface area (Å²) in [6, 6.07) is 0.378. The van der Waals surface area contributed by atoms with Gasteiger partial charge < -0.3 is 10.1 Å². The summed E-state index contributed by atoms with van der Waals surface area (Å²) >= 11 is 1.68. The third kappa shape index (κ3) is 2.58. The van der Waals surface area contributed by atoms with Crippen LogP contribution in [-0.4, -0.2) is 39.6 Å². The van der Waals surface area contributed by atoms with E-state index in [1.807, 2.05) is 4.52 Å². The maximum atomic E-state index is 5.44. The van der Waals surface area contributed by atoms with Crippen LogP contribution in [0.15, 0.2) is 0 Å². The van der Waals surface area contributed by atoms with E-state index in [1.165, 1.54) is 6.42 Å². The summed E-state index contributed by atoms with van der Waals surface area (Å²) in [4.78, 5) is 0.923. The number of aromatic nitrogens is 4. The zero-order chi connectivity index (χ0) is 14.2. The number of nitrogens with zero attached hydrogens (tertiary/aromatic N) is 4. The van der Waals surface area contributed by atoms with Gasteiger partial charge in [0.25, 0.3) is 0 Å². The third-order valence-electron chi connectivity index (χ3n) is 4.58. The lowest BCUT2D eigenvalue weighted by atomic mass is 9.95. The zero-order valence-corrected chi connectivity index (χ0v) is 13.1. The first-order valence-corrected chi connectivity index (χ1v) is 8.66. The van der Waals surface area contributed by atoms with E-state index in [0.717, 1.165) is 60.7 Å². The first-order chi connectivity index (χ1) is 10.3. The van der Waals surface area contributed by atoms with Crippen molar-refractivity contribution in [3.63, 3.8) is 0 Å². The van der Waals surface area contributed by atoms with Crippen LogP contribution in [-0.2, 0) is 4.74 Å². The van der Waals surface area contributed by atoms with Gasteiger partial charge >= 0.3 is 0 Å². The second-order valence-corrected chi connectivity index (χ2v) is 7.20. The van der Waals surface area contributed by atoms with Crippen molar-refractivity contribution in [3.8, 4) is 0 Å². The average Bonchev–Trinajstić information content (AvgIpc) is 3.08. The number of nitrogens with one attached hydrogen (secondary N) is 1. The van der Waals surface area contributed by atoms with Crippen molar-refractivity contribution >= 4 is 16.3 Å². The van der Waals surface area contributed by atoms with Gasteiger partial charge in [-0.1, -0.05) is 18.3 Å². The van der Waals surface area contributed by atoms with Crippen LogP contribution in [0, 0.1) is 5.92 Å². The average molecular weight is 307 g/mol. The van der Waals surface area contributed by atoms with Gasteiger partial charge in [0.05, 0.1) is 6.04 Å². The first-order valence-electron chi connectivity index (χ1n) is 7.84. The van der Waals surface area contributed by atoms with E-state index in [4.69, 9.17) is 9.84 Å². The smallest absolute Gasteiger partial charge is 0.234 e. The van der Waals surface area contributed by atoms with Crippen molar-refractivity contribution in [1.82, 2.24) is 25.1 Å². The highest BCUT2D eigenvalue weighted by Crippen LogP contribution is 2.32. The Kier molecular flexibility index (Phi) is 3.64. The second kappa shape index (κ2) is 5.62. The normalized spacial score (nSPS) is 28.2. The Morgan fingerprint density at radius 2 is 2.10 bits per heavy atom. The van der Waals surface area contributed by atoms with Crippen molar-refractivity contribution in [3.05, 3.63) is 10.8 Å². The third-order valence-corrected chi connectivity index (χ3v) is 5.59. The summed E-state index contributed by atoms with van der Waals surface area (Å²) in [7, 11) is 0. The lowest BCUT2D eigenvalue weighted by molar-refractivity contribution is 0.0831. The van der Waals surface area contributed by atoms with Crippen LogP contribution < -0.4 is 5.32 Å². The van der Waals surface area contributed by atoms with Gasteiger partial charge in [0, 0.05) is 19.1 Å². The predicted molar refractivity (Wildman–Crippen MR) is 80.6 cm³/mol. The van der Waals surface area contributed by atoms with Gasteiger partial charge in [-0.15, -0.1) is 10.2 Å². The van der Waals surface area contributed by atoms with Gasteiger partial charge in [0.2, 0.25) is 4.96 Å². The number of hydrogen-bond donors (Lipinski definition) is 1. The van der Waals surface area contributed by atoms with Crippen molar-refractivity contribution in [2.75, 3.05) is 19.8 Å². The molecule has 2 aliphatic rings. The fourth-order valence-electron chi connectivity index (χ4n) is 3.29. The summed E-state index contributed by atoms with van der Waals surface area (Å²) in [5.41, 5.74) is 0. The maximum absolute atomic E-state index is 5.44. The largest absolute Gasteiger partial charge is 0.381 e. The molecular formula is C14H21N5OS. The van der Waals surface area contributed by atoms with Crippen molar-refractivity contribution in [1.29, 1.82) is 0 Å². The summed E-state index contributed by atoms with van der Waals surface area (Å²) in [6.45, 7) is 5.04. The molecule has 7 heteroatoms. The summed E-state index contributed by atoms with van der Waals surface area (Å²) in [6.07, 6.45) is 4.46. The Morgan fingerprint density at radius 3 is 2.90 bits per heavy atom. The Bertz CT molecular complexity index is 618. The molecular weight excluding hydrogens is 286 g/mol. The predicted octanol–water partition coefficient (Wildman–Crippen LogP) is 2.14. The Hall–Kier alpha value is -1.05. The van der Waals surface area contributed by atoms with E-state index in [-0.39, 0.29) is 0 Å². The van der Waals surface area contributed by atoms with E-state index >= 15 is 0 Å². The highest BCUT2D eigenvalue weighted by atomic mass is 32.1. The van der Waals surface area contributed by atoms with E-state index in [0.29, 0.717) is 12.0 Å². The molecule has 2 fully saturated rings. The van der Waals surface area contributed by atoms with Crippen LogP contribution in [0.2, 0.25) is 0 Å². The monoisotopic (exact) mass is 307 g/mol. The molecule has 0 bridgehead atoms. The number of ether oxygens (including phenoxy) is 1. The number of piperidine rings is 1. The van der Waals surface area contributed by atoms with Gasteiger partial charge in [-0.25, -0.2) is 0 Å². The quantitative estimate of drug-likeness (QED) is 0.921. The van der Waals surface area contributed by atoms with Crippen molar-refractivity contribution in [2.24, 2.45) is 5.92 Å². The van der Waals surface area contributed by atoms with Gasteiger partial charge in [-0.05, 0) is 38.1 Å². The number of fused-ring (bicyclic) bond motifs is 1. The van der Waals surface area contributed by atoms with Crippen LogP contribution in [0.3, 0.4) is 0 Å². The molecule has 6 nitrogen and oxygen atoms in total. The molecule has 2 aliphatic heterocycles. The van der Waals surface area contributed by atoms with Crippen LogP contribution in [0.1, 0.15) is 55.4 Å². The number of rotatable bonds is 2. The summed E-state index contributed by atoms with van der Waals surface area (Å²) in [5, 5.41) is 18.2. The molecule has 0 saturated carbocycles. The SMILES string of the molecule is CC1CCNC(c2nn3c(C4CCOCC4)nnc3s2)C1. The topological polar surface area (TPSA) is 64.3 Å². The minimum absolute atomic E-state index is 0.378. The molecule has 1 N–H and O–H groups in total. The first kappa shape index (κ1) is 13.6. The molecule has 2 unspecified atom stereocenters. The fourth-order valence-corrected chi connectivity index (χ4v) is 4.23. The molecule has 2 aromatic heterocycles.